The van der Waals surface area contributed by atoms with Crippen LogP contribution in [0.4, 0.5) is 5.69 Å². The molecule has 172 valence electrons. The summed E-state index contributed by atoms with van der Waals surface area (Å²) < 4.78 is 6.93. The molecule has 0 unspecified atom stereocenters. The van der Waals surface area contributed by atoms with Gasteiger partial charge in [0.25, 0.3) is 5.69 Å². The zero-order chi connectivity index (χ0) is 24.1. The number of halogens is 1. The van der Waals surface area contributed by atoms with E-state index in [1.165, 1.54) is 42.4 Å². The lowest BCUT2D eigenvalue weighted by Gasteiger charge is -2.09. The highest BCUT2D eigenvalue weighted by atomic mass is 35.5. The number of benzene rings is 2. The number of nitro benzene ring substituents is 1. The van der Waals surface area contributed by atoms with Crippen LogP contribution in [-0.2, 0) is 6.54 Å². The maximum Gasteiger partial charge on any atom is 0.307 e. The van der Waals surface area contributed by atoms with Crippen molar-refractivity contribution >= 4 is 41.2 Å². The molecule has 4 rings (SSSR count). The first-order chi connectivity index (χ1) is 16.5. The third kappa shape index (κ3) is 5.16. The zero-order valence-electron chi connectivity index (χ0n) is 17.7. The van der Waals surface area contributed by atoms with Crippen LogP contribution in [0.15, 0.2) is 80.4 Å². The lowest BCUT2D eigenvalue weighted by atomic mass is 10.2. The minimum atomic E-state index is -0.544. The van der Waals surface area contributed by atoms with Gasteiger partial charge in [-0.05, 0) is 49.0 Å². The lowest BCUT2D eigenvalue weighted by Crippen LogP contribution is -2.16. The standard InChI is InChI=1S/C22H17ClN6O4S/c1-2-28-20(14-5-3-6-16(23)11-14)25-27-22(28)34-19-9-8-17(29(31)32)12-15(19)13-24-26-21(30)18-7-4-10-33-18/h3-13H,2H2,1H3,(H,26,30)/b24-13-. The number of hydrogen-bond donors (Lipinski definition) is 1. The van der Waals surface area contributed by atoms with Gasteiger partial charge in [0.1, 0.15) is 0 Å². The van der Waals surface area contributed by atoms with Gasteiger partial charge in [0.2, 0.25) is 0 Å². The molecular weight excluding hydrogens is 480 g/mol. The first-order valence-electron chi connectivity index (χ1n) is 9.98. The molecule has 2 aromatic heterocycles. The summed E-state index contributed by atoms with van der Waals surface area (Å²) in [4.78, 5) is 23.5. The van der Waals surface area contributed by atoms with Gasteiger partial charge in [0, 0.05) is 39.7 Å². The summed E-state index contributed by atoms with van der Waals surface area (Å²) in [6.45, 7) is 2.55. The van der Waals surface area contributed by atoms with Crippen LogP contribution >= 0.6 is 23.4 Å². The largest absolute Gasteiger partial charge is 0.459 e. The summed E-state index contributed by atoms with van der Waals surface area (Å²) in [6.07, 6.45) is 2.70. The van der Waals surface area contributed by atoms with E-state index in [0.717, 1.165) is 5.56 Å². The van der Waals surface area contributed by atoms with Crippen molar-refractivity contribution < 1.29 is 14.1 Å². The lowest BCUT2D eigenvalue weighted by molar-refractivity contribution is -0.384. The normalized spacial score (nSPS) is 11.1. The van der Waals surface area contributed by atoms with E-state index >= 15 is 0 Å². The molecule has 2 aromatic carbocycles. The van der Waals surface area contributed by atoms with Crippen molar-refractivity contribution in [2.45, 2.75) is 23.5 Å². The van der Waals surface area contributed by atoms with E-state index in [-0.39, 0.29) is 11.4 Å². The van der Waals surface area contributed by atoms with Crippen molar-refractivity contribution in [3.8, 4) is 11.4 Å². The molecule has 0 spiro atoms. The third-order valence-corrected chi connectivity index (χ3v) is 5.95. The fourth-order valence-electron chi connectivity index (χ4n) is 3.06. The monoisotopic (exact) mass is 496 g/mol. The molecule has 1 amide bonds. The van der Waals surface area contributed by atoms with Gasteiger partial charge in [0.05, 0.1) is 17.4 Å². The highest BCUT2D eigenvalue weighted by Crippen LogP contribution is 2.33. The van der Waals surface area contributed by atoms with Gasteiger partial charge < -0.3 is 8.98 Å². The number of carbonyl (C=O) groups excluding carboxylic acids is 1. The molecule has 2 heterocycles. The Bertz CT molecular complexity index is 1370. The van der Waals surface area contributed by atoms with Gasteiger partial charge in [0.15, 0.2) is 16.7 Å². The van der Waals surface area contributed by atoms with Gasteiger partial charge in [-0.15, -0.1) is 10.2 Å². The van der Waals surface area contributed by atoms with Crippen LogP contribution in [0.25, 0.3) is 11.4 Å². The van der Waals surface area contributed by atoms with E-state index in [9.17, 15) is 14.9 Å². The molecule has 0 bridgehead atoms. The molecule has 0 aliphatic carbocycles. The number of hydrogen-bond acceptors (Lipinski definition) is 8. The van der Waals surface area contributed by atoms with E-state index in [0.29, 0.717) is 33.0 Å². The number of aromatic nitrogens is 3. The molecule has 34 heavy (non-hydrogen) atoms. The molecule has 0 atom stereocenters. The van der Waals surface area contributed by atoms with Gasteiger partial charge in [-0.1, -0.05) is 23.7 Å². The Balaban J connectivity index is 1.63. The number of nitrogens with zero attached hydrogens (tertiary/aromatic N) is 5. The van der Waals surface area contributed by atoms with E-state index in [1.54, 1.807) is 24.3 Å². The maximum absolute atomic E-state index is 12.0. The second-order valence-corrected chi connectivity index (χ2v) is 8.26. The highest BCUT2D eigenvalue weighted by Gasteiger charge is 2.17. The Kier molecular flexibility index (Phi) is 7.04. The third-order valence-electron chi connectivity index (χ3n) is 4.64. The van der Waals surface area contributed by atoms with E-state index in [2.05, 4.69) is 20.7 Å². The average molecular weight is 497 g/mol. The summed E-state index contributed by atoms with van der Waals surface area (Å²) in [6, 6.07) is 14.7. The number of nitro groups is 1. The fourth-order valence-corrected chi connectivity index (χ4v) is 4.22. The molecule has 1 N–H and O–H groups in total. The molecule has 0 aliphatic heterocycles. The number of nitrogens with one attached hydrogen (secondary N) is 1. The Labute approximate surface area is 202 Å². The topological polar surface area (TPSA) is 128 Å². The second-order valence-electron chi connectivity index (χ2n) is 6.82. The first kappa shape index (κ1) is 23.2. The van der Waals surface area contributed by atoms with Crippen molar-refractivity contribution in [2.75, 3.05) is 0 Å². The van der Waals surface area contributed by atoms with Gasteiger partial charge >= 0.3 is 5.91 Å². The fraction of sp³-hybridized carbons (Fsp3) is 0.0909. The maximum atomic E-state index is 12.0. The number of hydrazone groups is 1. The highest BCUT2D eigenvalue weighted by molar-refractivity contribution is 7.99. The van der Waals surface area contributed by atoms with Crippen molar-refractivity contribution in [1.29, 1.82) is 0 Å². The van der Waals surface area contributed by atoms with Crippen molar-refractivity contribution in [1.82, 2.24) is 20.2 Å². The van der Waals surface area contributed by atoms with Crippen LogP contribution in [0, 0.1) is 10.1 Å². The molecule has 0 fully saturated rings. The number of carbonyl (C=O) groups is 1. The first-order valence-corrected chi connectivity index (χ1v) is 11.2. The summed E-state index contributed by atoms with van der Waals surface area (Å²) in [5.41, 5.74) is 3.47. The Morgan fingerprint density at radius 1 is 1.26 bits per heavy atom. The van der Waals surface area contributed by atoms with Crippen molar-refractivity contribution in [3.63, 3.8) is 0 Å². The quantitative estimate of drug-likeness (QED) is 0.205. The molecule has 10 nitrogen and oxygen atoms in total. The summed E-state index contributed by atoms with van der Waals surface area (Å²) in [5.74, 6) is 0.198. The van der Waals surface area contributed by atoms with Gasteiger partial charge in [-0.2, -0.15) is 5.10 Å². The predicted molar refractivity (Wildman–Crippen MR) is 127 cm³/mol. The Hall–Kier alpha value is -3.96. The average Bonchev–Trinajstić information content (AvgIpc) is 3.50. The number of non-ortho nitro benzene ring substituents is 1. The Morgan fingerprint density at radius 2 is 2.12 bits per heavy atom. The van der Waals surface area contributed by atoms with Crippen LogP contribution in [-0.4, -0.2) is 31.8 Å². The van der Waals surface area contributed by atoms with Crippen LogP contribution in [0.5, 0.6) is 0 Å². The minimum Gasteiger partial charge on any atom is -0.459 e. The SMILES string of the molecule is CCn1c(Sc2ccc([N+](=O)[O-])cc2/C=N\NC(=O)c2ccco2)nnc1-c1cccc(Cl)c1. The number of amides is 1. The van der Waals surface area contributed by atoms with Crippen molar-refractivity contribution in [2.24, 2.45) is 5.10 Å². The molecule has 12 heteroatoms. The predicted octanol–water partition coefficient (Wildman–Crippen LogP) is 5.03. The molecule has 0 radical (unpaired) electrons. The molecule has 0 aliphatic rings. The summed E-state index contributed by atoms with van der Waals surface area (Å²) in [5, 5.41) is 25.0. The smallest absolute Gasteiger partial charge is 0.307 e. The minimum absolute atomic E-state index is 0.0929. The van der Waals surface area contributed by atoms with Crippen LogP contribution in [0.3, 0.4) is 0 Å². The summed E-state index contributed by atoms with van der Waals surface area (Å²) in [7, 11) is 0. The van der Waals surface area contributed by atoms with Crippen molar-refractivity contribution in [3.05, 3.63) is 87.3 Å². The second kappa shape index (κ2) is 10.3. The summed E-state index contributed by atoms with van der Waals surface area (Å²) >= 11 is 7.40. The molecule has 0 saturated carbocycles. The number of furan rings is 1. The Morgan fingerprint density at radius 3 is 2.82 bits per heavy atom. The van der Waals surface area contributed by atoms with E-state index in [4.69, 9.17) is 16.0 Å². The van der Waals surface area contributed by atoms with E-state index in [1.807, 2.05) is 23.6 Å². The number of rotatable bonds is 8. The van der Waals surface area contributed by atoms with E-state index < -0.39 is 10.8 Å². The molecule has 4 aromatic rings. The zero-order valence-corrected chi connectivity index (χ0v) is 19.3. The molecular formula is C22H17ClN6O4S. The van der Waals surface area contributed by atoms with Crippen LogP contribution < -0.4 is 5.43 Å². The molecule has 0 saturated heterocycles. The van der Waals surface area contributed by atoms with Gasteiger partial charge in [-0.3, -0.25) is 14.9 Å². The van der Waals surface area contributed by atoms with Crippen LogP contribution in [0.2, 0.25) is 5.02 Å². The van der Waals surface area contributed by atoms with Gasteiger partial charge in [-0.25, -0.2) is 5.43 Å². The van der Waals surface area contributed by atoms with Crippen LogP contribution in [0.1, 0.15) is 23.0 Å².